The van der Waals surface area contributed by atoms with Crippen molar-refractivity contribution in [3.05, 3.63) is 35.4 Å². The first-order valence-electron chi connectivity index (χ1n) is 6.31. The van der Waals surface area contributed by atoms with E-state index in [1.807, 2.05) is 0 Å². The maximum absolute atomic E-state index is 8.92. The summed E-state index contributed by atoms with van der Waals surface area (Å²) in [5, 5.41) is 12.3. The van der Waals surface area contributed by atoms with Gasteiger partial charge >= 0.3 is 0 Å². The molecule has 2 nitrogen and oxygen atoms in total. The van der Waals surface area contributed by atoms with E-state index in [0.29, 0.717) is 6.61 Å². The molecule has 0 radical (unpaired) electrons. The number of piperidine rings is 1. The lowest BCUT2D eigenvalue weighted by atomic mass is 9.86. The standard InChI is InChI=1S/C14H21NO/c16-11-3-5-12-4-1-2-6-14(12)13-7-9-15-10-8-13/h1-2,4,6,13,15-16H,3,5,7-11H2. The molecule has 0 atom stereocenters. The van der Waals surface area contributed by atoms with Crippen molar-refractivity contribution in [3.63, 3.8) is 0 Å². The highest BCUT2D eigenvalue weighted by Crippen LogP contribution is 2.28. The van der Waals surface area contributed by atoms with E-state index in [4.69, 9.17) is 5.11 Å². The predicted molar refractivity (Wildman–Crippen MR) is 66.7 cm³/mol. The van der Waals surface area contributed by atoms with Crippen molar-refractivity contribution in [3.8, 4) is 0 Å². The van der Waals surface area contributed by atoms with Crippen LogP contribution in [0.5, 0.6) is 0 Å². The third-order valence-electron chi connectivity index (χ3n) is 3.44. The van der Waals surface area contributed by atoms with E-state index in [-0.39, 0.29) is 0 Å². The third kappa shape index (κ3) is 2.83. The van der Waals surface area contributed by atoms with Crippen LogP contribution in [0.4, 0.5) is 0 Å². The Hall–Kier alpha value is -0.860. The molecule has 2 heteroatoms. The molecule has 1 aromatic carbocycles. The summed E-state index contributed by atoms with van der Waals surface area (Å²) >= 11 is 0. The molecule has 2 N–H and O–H groups in total. The average Bonchev–Trinajstić information content (AvgIpc) is 2.38. The van der Waals surface area contributed by atoms with Gasteiger partial charge in [-0.05, 0) is 55.8 Å². The second-order valence-electron chi connectivity index (χ2n) is 4.55. The van der Waals surface area contributed by atoms with Gasteiger partial charge in [0.25, 0.3) is 0 Å². The van der Waals surface area contributed by atoms with Gasteiger partial charge in [0.2, 0.25) is 0 Å². The van der Waals surface area contributed by atoms with Crippen LogP contribution in [-0.4, -0.2) is 24.8 Å². The average molecular weight is 219 g/mol. The topological polar surface area (TPSA) is 32.3 Å². The molecule has 1 aliphatic heterocycles. The molecule has 0 spiro atoms. The zero-order valence-corrected chi connectivity index (χ0v) is 9.78. The summed E-state index contributed by atoms with van der Waals surface area (Å²) in [6.45, 7) is 2.57. The first-order chi connectivity index (χ1) is 7.92. The smallest absolute Gasteiger partial charge is 0.0434 e. The molecular formula is C14H21NO. The summed E-state index contributed by atoms with van der Waals surface area (Å²) in [5.74, 6) is 0.719. The molecule has 0 aliphatic carbocycles. The first kappa shape index (κ1) is 11.6. The van der Waals surface area contributed by atoms with E-state index in [1.165, 1.54) is 24.0 Å². The summed E-state index contributed by atoms with van der Waals surface area (Å²) in [6, 6.07) is 8.73. The third-order valence-corrected chi connectivity index (χ3v) is 3.44. The van der Waals surface area contributed by atoms with E-state index in [2.05, 4.69) is 29.6 Å². The highest BCUT2D eigenvalue weighted by atomic mass is 16.2. The van der Waals surface area contributed by atoms with Crippen LogP contribution in [0.15, 0.2) is 24.3 Å². The van der Waals surface area contributed by atoms with Gasteiger partial charge in [0.1, 0.15) is 0 Å². The molecule has 88 valence electrons. The van der Waals surface area contributed by atoms with Crippen LogP contribution in [-0.2, 0) is 6.42 Å². The van der Waals surface area contributed by atoms with Crippen LogP contribution in [0.1, 0.15) is 36.3 Å². The number of aryl methyl sites for hydroxylation is 1. The number of hydrogen-bond acceptors (Lipinski definition) is 2. The van der Waals surface area contributed by atoms with Crippen LogP contribution in [0.25, 0.3) is 0 Å². The van der Waals surface area contributed by atoms with Gasteiger partial charge in [0.15, 0.2) is 0 Å². The molecular weight excluding hydrogens is 198 g/mol. The van der Waals surface area contributed by atoms with Gasteiger partial charge < -0.3 is 10.4 Å². The van der Waals surface area contributed by atoms with E-state index in [1.54, 1.807) is 0 Å². The lowest BCUT2D eigenvalue weighted by Crippen LogP contribution is -2.27. The number of aliphatic hydroxyl groups is 1. The summed E-state index contributed by atoms with van der Waals surface area (Å²) in [5.41, 5.74) is 2.95. The second kappa shape index (κ2) is 6.02. The number of nitrogens with one attached hydrogen (secondary N) is 1. The minimum Gasteiger partial charge on any atom is -0.396 e. The molecule has 2 rings (SSSR count). The van der Waals surface area contributed by atoms with E-state index in [0.717, 1.165) is 31.8 Å². The Bertz CT molecular complexity index is 318. The molecule has 1 saturated heterocycles. The van der Waals surface area contributed by atoms with Crippen LogP contribution >= 0.6 is 0 Å². The van der Waals surface area contributed by atoms with Crippen molar-refractivity contribution in [2.75, 3.05) is 19.7 Å². The van der Waals surface area contributed by atoms with E-state index >= 15 is 0 Å². The molecule has 0 unspecified atom stereocenters. The summed E-state index contributed by atoms with van der Waals surface area (Å²) in [6.07, 6.45) is 4.38. The molecule has 0 bridgehead atoms. The zero-order valence-electron chi connectivity index (χ0n) is 9.78. The van der Waals surface area contributed by atoms with Crippen LogP contribution in [0.3, 0.4) is 0 Å². The molecule has 1 heterocycles. The van der Waals surface area contributed by atoms with Gasteiger partial charge in [-0.25, -0.2) is 0 Å². The van der Waals surface area contributed by atoms with Crippen LogP contribution in [0.2, 0.25) is 0 Å². The molecule has 1 aliphatic rings. The SMILES string of the molecule is OCCCc1ccccc1C1CCNCC1. The van der Waals surface area contributed by atoms with Gasteiger partial charge in [-0.3, -0.25) is 0 Å². The Labute approximate surface area is 97.7 Å². The van der Waals surface area contributed by atoms with Crippen LogP contribution < -0.4 is 5.32 Å². The molecule has 0 aromatic heterocycles. The van der Waals surface area contributed by atoms with Gasteiger partial charge in [-0.15, -0.1) is 0 Å². The number of rotatable bonds is 4. The van der Waals surface area contributed by atoms with Crippen molar-refractivity contribution in [2.24, 2.45) is 0 Å². The predicted octanol–water partition coefficient (Wildman–Crippen LogP) is 2.08. The lowest BCUT2D eigenvalue weighted by molar-refractivity contribution is 0.288. The van der Waals surface area contributed by atoms with Crippen molar-refractivity contribution in [1.82, 2.24) is 5.32 Å². The minimum atomic E-state index is 0.292. The number of hydrogen-bond donors (Lipinski definition) is 2. The fraction of sp³-hybridized carbons (Fsp3) is 0.571. The van der Waals surface area contributed by atoms with Gasteiger partial charge in [-0.2, -0.15) is 0 Å². The lowest BCUT2D eigenvalue weighted by Gasteiger charge is -2.25. The fourth-order valence-corrected chi connectivity index (χ4v) is 2.56. The zero-order chi connectivity index (χ0) is 11.2. The maximum Gasteiger partial charge on any atom is 0.0434 e. The van der Waals surface area contributed by atoms with Crippen LogP contribution in [0, 0.1) is 0 Å². The molecule has 1 fully saturated rings. The van der Waals surface area contributed by atoms with E-state index in [9.17, 15) is 0 Å². The maximum atomic E-state index is 8.92. The van der Waals surface area contributed by atoms with Gasteiger partial charge in [0, 0.05) is 6.61 Å². The Morgan fingerprint density at radius 3 is 2.69 bits per heavy atom. The Kier molecular flexibility index (Phi) is 4.37. The largest absolute Gasteiger partial charge is 0.396 e. The Morgan fingerprint density at radius 1 is 1.19 bits per heavy atom. The molecule has 1 aromatic rings. The highest BCUT2D eigenvalue weighted by molar-refractivity contribution is 5.31. The van der Waals surface area contributed by atoms with Crippen molar-refractivity contribution in [1.29, 1.82) is 0 Å². The molecule has 0 amide bonds. The number of aliphatic hydroxyl groups excluding tert-OH is 1. The summed E-state index contributed by atoms with van der Waals surface area (Å²) in [7, 11) is 0. The van der Waals surface area contributed by atoms with Crippen molar-refractivity contribution >= 4 is 0 Å². The fourth-order valence-electron chi connectivity index (χ4n) is 2.56. The second-order valence-corrected chi connectivity index (χ2v) is 4.55. The normalized spacial score (nSPS) is 17.6. The summed E-state index contributed by atoms with van der Waals surface area (Å²) in [4.78, 5) is 0. The van der Waals surface area contributed by atoms with Gasteiger partial charge in [-0.1, -0.05) is 24.3 Å². The molecule has 0 saturated carbocycles. The quantitative estimate of drug-likeness (QED) is 0.812. The minimum absolute atomic E-state index is 0.292. The monoisotopic (exact) mass is 219 g/mol. The van der Waals surface area contributed by atoms with Crippen molar-refractivity contribution < 1.29 is 5.11 Å². The Morgan fingerprint density at radius 2 is 1.94 bits per heavy atom. The highest BCUT2D eigenvalue weighted by Gasteiger charge is 2.17. The van der Waals surface area contributed by atoms with Crippen molar-refractivity contribution in [2.45, 2.75) is 31.6 Å². The molecule has 16 heavy (non-hydrogen) atoms. The number of benzene rings is 1. The first-order valence-corrected chi connectivity index (χ1v) is 6.31. The summed E-state index contributed by atoms with van der Waals surface area (Å²) < 4.78 is 0. The van der Waals surface area contributed by atoms with E-state index < -0.39 is 0 Å². The Balaban J connectivity index is 2.11. The van der Waals surface area contributed by atoms with Gasteiger partial charge in [0.05, 0.1) is 0 Å².